The van der Waals surface area contributed by atoms with E-state index in [1.807, 2.05) is 24.3 Å². The monoisotopic (exact) mass is 440 g/mol. The number of benzene rings is 2. The van der Waals surface area contributed by atoms with Crippen LogP contribution in [0.15, 0.2) is 48.5 Å². The maximum atomic E-state index is 11.3. The Balaban J connectivity index is 0.00000420. The molecule has 1 unspecified atom stereocenters. The lowest BCUT2D eigenvalue weighted by molar-refractivity contribution is 0.161. The third-order valence-corrected chi connectivity index (χ3v) is 5.08. The Morgan fingerprint density at radius 2 is 1.66 bits per heavy atom. The number of sulfonamides is 1. The summed E-state index contributed by atoms with van der Waals surface area (Å²) in [6, 6.07) is 15.7. The molecular formula is C22H33ClN2O3S. The largest absolute Gasteiger partial charge is 0.489 e. The van der Waals surface area contributed by atoms with Gasteiger partial charge in [-0.25, -0.2) is 8.42 Å². The van der Waals surface area contributed by atoms with E-state index in [2.05, 4.69) is 49.6 Å². The Hall–Kier alpha value is -1.76. The minimum Gasteiger partial charge on any atom is -0.489 e. The van der Waals surface area contributed by atoms with E-state index >= 15 is 0 Å². The van der Waals surface area contributed by atoms with E-state index in [0.717, 1.165) is 31.5 Å². The number of anilines is 1. The van der Waals surface area contributed by atoms with E-state index in [9.17, 15) is 8.42 Å². The number of nitrogens with zero attached hydrogens (tertiary/aromatic N) is 1. The Morgan fingerprint density at radius 3 is 2.24 bits per heavy atom. The maximum absolute atomic E-state index is 11.3. The molecule has 0 saturated carbocycles. The van der Waals surface area contributed by atoms with Crippen LogP contribution in [-0.2, 0) is 16.4 Å². The standard InChI is InChI=1S/C22H32N2O3S.ClH/c1-17(2)21-8-6-7-9-22(21)27-18(3)16-24(4)15-14-19-10-12-20(13-11-19)23-28(5,25)26;/h6-13,17-18,23H,14-16H2,1-5H3;1H. The van der Waals surface area contributed by atoms with Crippen LogP contribution in [0.1, 0.15) is 37.8 Å². The van der Waals surface area contributed by atoms with Crippen molar-refractivity contribution in [3.8, 4) is 5.75 Å². The van der Waals surface area contributed by atoms with Gasteiger partial charge in [-0.05, 0) is 55.6 Å². The van der Waals surface area contributed by atoms with Gasteiger partial charge in [-0.15, -0.1) is 12.4 Å². The summed E-state index contributed by atoms with van der Waals surface area (Å²) >= 11 is 0. The van der Waals surface area contributed by atoms with Crippen LogP contribution in [0.4, 0.5) is 5.69 Å². The zero-order valence-electron chi connectivity index (χ0n) is 17.9. The van der Waals surface area contributed by atoms with Gasteiger partial charge in [0.05, 0.1) is 6.26 Å². The number of rotatable bonds is 10. The molecule has 29 heavy (non-hydrogen) atoms. The van der Waals surface area contributed by atoms with Gasteiger partial charge in [-0.2, -0.15) is 0 Å². The molecule has 5 nitrogen and oxygen atoms in total. The van der Waals surface area contributed by atoms with Gasteiger partial charge in [-0.3, -0.25) is 4.72 Å². The number of nitrogens with one attached hydrogen (secondary N) is 1. The first kappa shape index (κ1) is 25.3. The fourth-order valence-electron chi connectivity index (χ4n) is 3.12. The number of ether oxygens (including phenoxy) is 1. The summed E-state index contributed by atoms with van der Waals surface area (Å²) in [5.41, 5.74) is 3.00. The molecular weight excluding hydrogens is 408 g/mol. The summed E-state index contributed by atoms with van der Waals surface area (Å²) < 4.78 is 31.2. The van der Waals surface area contributed by atoms with Crippen molar-refractivity contribution in [3.05, 3.63) is 59.7 Å². The topological polar surface area (TPSA) is 58.6 Å². The number of para-hydroxylation sites is 1. The first-order chi connectivity index (χ1) is 13.1. The van der Waals surface area contributed by atoms with E-state index in [0.29, 0.717) is 11.6 Å². The Morgan fingerprint density at radius 1 is 1.03 bits per heavy atom. The van der Waals surface area contributed by atoms with E-state index < -0.39 is 10.0 Å². The third kappa shape index (κ3) is 9.07. The zero-order chi connectivity index (χ0) is 20.7. The van der Waals surface area contributed by atoms with Crippen LogP contribution in [0.2, 0.25) is 0 Å². The van der Waals surface area contributed by atoms with Crippen molar-refractivity contribution in [2.75, 3.05) is 31.1 Å². The van der Waals surface area contributed by atoms with Crippen molar-refractivity contribution in [2.24, 2.45) is 0 Å². The fourth-order valence-corrected chi connectivity index (χ4v) is 3.69. The average molecular weight is 441 g/mol. The van der Waals surface area contributed by atoms with Crippen LogP contribution >= 0.6 is 12.4 Å². The maximum Gasteiger partial charge on any atom is 0.229 e. The van der Waals surface area contributed by atoms with Crippen molar-refractivity contribution in [1.82, 2.24) is 4.90 Å². The Bertz CT molecular complexity index is 855. The second kappa shape index (κ2) is 11.4. The van der Waals surface area contributed by atoms with Crippen LogP contribution in [0.5, 0.6) is 5.75 Å². The van der Waals surface area contributed by atoms with Crippen LogP contribution in [0.25, 0.3) is 0 Å². The number of hydrogen-bond donors (Lipinski definition) is 1. The van der Waals surface area contributed by atoms with Crippen molar-refractivity contribution >= 4 is 28.1 Å². The van der Waals surface area contributed by atoms with E-state index in [-0.39, 0.29) is 18.5 Å². The quantitative estimate of drug-likeness (QED) is 0.589. The molecule has 0 amide bonds. The van der Waals surface area contributed by atoms with Crippen LogP contribution in [0, 0.1) is 0 Å². The summed E-state index contributed by atoms with van der Waals surface area (Å²) in [7, 11) is -1.14. The molecule has 0 saturated heterocycles. The molecule has 0 aliphatic carbocycles. The van der Waals surface area contributed by atoms with E-state index in [1.165, 1.54) is 11.1 Å². The molecule has 162 valence electrons. The summed E-state index contributed by atoms with van der Waals surface area (Å²) in [6.07, 6.45) is 2.13. The third-order valence-electron chi connectivity index (χ3n) is 4.48. The van der Waals surface area contributed by atoms with Gasteiger partial charge in [-0.1, -0.05) is 44.2 Å². The normalized spacial score (nSPS) is 12.5. The lowest BCUT2D eigenvalue weighted by Crippen LogP contribution is -2.32. The van der Waals surface area contributed by atoms with Gasteiger partial charge in [0.25, 0.3) is 0 Å². The molecule has 2 aromatic carbocycles. The molecule has 1 atom stereocenters. The van der Waals surface area contributed by atoms with Gasteiger partial charge < -0.3 is 9.64 Å². The molecule has 0 bridgehead atoms. The number of likely N-dealkylation sites (N-methyl/N-ethyl adjacent to an activating group) is 1. The minimum absolute atomic E-state index is 0. The lowest BCUT2D eigenvalue weighted by atomic mass is 10.0. The molecule has 7 heteroatoms. The highest BCUT2D eigenvalue weighted by Gasteiger charge is 2.12. The molecule has 0 radical (unpaired) electrons. The highest BCUT2D eigenvalue weighted by atomic mass is 35.5. The predicted molar refractivity (Wildman–Crippen MR) is 124 cm³/mol. The van der Waals surface area contributed by atoms with E-state index in [4.69, 9.17) is 4.74 Å². The van der Waals surface area contributed by atoms with Gasteiger partial charge in [0, 0.05) is 18.8 Å². The summed E-state index contributed by atoms with van der Waals surface area (Å²) in [4.78, 5) is 2.26. The lowest BCUT2D eigenvalue weighted by Gasteiger charge is -2.24. The molecule has 1 N–H and O–H groups in total. The minimum atomic E-state index is -3.24. The Kier molecular flexibility index (Phi) is 9.96. The predicted octanol–water partition coefficient (Wildman–Crippen LogP) is 4.55. The first-order valence-corrected chi connectivity index (χ1v) is 11.5. The van der Waals surface area contributed by atoms with Crippen LogP contribution in [0.3, 0.4) is 0 Å². The molecule has 0 aliphatic heterocycles. The molecule has 0 aromatic heterocycles. The van der Waals surface area contributed by atoms with Crippen LogP contribution in [-0.4, -0.2) is 45.8 Å². The van der Waals surface area contributed by atoms with Crippen LogP contribution < -0.4 is 9.46 Å². The fraction of sp³-hybridized carbons (Fsp3) is 0.455. The molecule has 0 aliphatic rings. The molecule has 2 rings (SSSR count). The highest BCUT2D eigenvalue weighted by molar-refractivity contribution is 7.92. The second-order valence-electron chi connectivity index (χ2n) is 7.70. The highest BCUT2D eigenvalue weighted by Crippen LogP contribution is 2.26. The number of hydrogen-bond acceptors (Lipinski definition) is 4. The molecule has 2 aromatic rings. The van der Waals surface area contributed by atoms with Gasteiger partial charge >= 0.3 is 0 Å². The van der Waals surface area contributed by atoms with Gasteiger partial charge in [0.2, 0.25) is 10.0 Å². The SMILES string of the molecule is CC(CN(C)CCc1ccc(NS(C)(=O)=O)cc1)Oc1ccccc1C(C)C.Cl. The summed E-state index contributed by atoms with van der Waals surface area (Å²) in [6.45, 7) is 8.18. The van der Waals surface area contributed by atoms with Crippen molar-refractivity contribution in [2.45, 2.75) is 39.2 Å². The zero-order valence-corrected chi connectivity index (χ0v) is 19.5. The second-order valence-corrected chi connectivity index (χ2v) is 9.45. The van der Waals surface area contributed by atoms with Gasteiger partial charge in [0.15, 0.2) is 0 Å². The smallest absolute Gasteiger partial charge is 0.229 e. The first-order valence-electron chi connectivity index (χ1n) is 9.65. The molecule has 0 spiro atoms. The Labute approximate surface area is 181 Å². The van der Waals surface area contributed by atoms with E-state index in [1.54, 1.807) is 12.1 Å². The molecule has 0 fully saturated rings. The summed E-state index contributed by atoms with van der Waals surface area (Å²) in [5, 5.41) is 0. The van der Waals surface area contributed by atoms with Crippen molar-refractivity contribution < 1.29 is 13.2 Å². The van der Waals surface area contributed by atoms with Crippen molar-refractivity contribution in [1.29, 1.82) is 0 Å². The summed E-state index contributed by atoms with van der Waals surface area (Å²) in [5.74, 6) is 1.40. The van der Waals surface area contributed by atoms with Gasteiger partial charge in [0.1, 0.15) is 11.9 Å². The van der Waals surface area contributed by atoms with Crippen molar-refractivity contribution in [3.63, 3.8) is 0 Å². The molecule has 0 heterocycles. The average Bonchev–Trinajstić information content (AvgIpc) is 2.60. The number of halogens is 1.